The lowest BCUT2D eigenvalue weighted by atomic mass is 10.1. The van der Waals surface area contributed by atoms with Crippen molar-refractivity contribution < 1.29 is 20.1 Å². The summed E-state index contributed by atoms with van der Waals surface area (Å²) in [6, 6.07) is 0. The van der Waals surface area contributed by atoms with Crippen molar-refractivity contribution in [1.82, 2.24) is 19.5 Å². The highest BCUT2D eigenvalue weighted by Gasteiger charge is 2.38. The monoisotopic (exact) mass is 267 g/mol. The Bertz CT molecular complexity index is 603. The van der Waals surface area contributed by atoms with Crippen LogP contribution in [0, 0.1) is 0 Å². The molecular weight excluding hydrogens is 254 g/mol. The summed E-state index contributed by atoms with van der Waals surface area (Å²) in [4.78, 5) is 11.9. The predicted octanol–water partition coefficient (Wildman–Crippen LogP) is -1.63. The number of rotatable bonds is 1. The number of aliphatic hydroxyl groups excluding tert-OH is 3. The topological polar surface area (TPSA) is 140 Å². The average Bonchev–Trinajstić information content (AvgIpc) is 2.79. The number of hydrogen-bond donors (Lipinski definition) is 4. The summed E-state index contributed by atoms with van der Waals surface area (Å²) >= 11 is 0. The molecule has 3 heterocycles. The average molecular weight is 267 g/mol. The van der Waals surface area contributed by atoms with Gasteiger partial charge in [0.15, 0.2) is 24.0 Å². The van der Waals surface area contributed by atoms with Crippen LogP contribution in [0.15, 0.2) is 12.7 Å². The Morgan fingerprint density at radius 3 is 2.84 bits per heavy atom. The Balaban J connectivity index is 2.06. The molecule has 3 rings (SSSR count). The van der Waals surface area contributed by atoms with E-state index in [2.05, 4.69) is 15.0 Å². The molecule has 0 radical (unpaired) electrons. The molecule has 1 saturated heterocycles. The van der Waals surface area contributed by atoms with E-state index in [1.807, 2.05) is 0 Å². The Morgan fingerprint density at radius 1 is 1.26 bits per heavy atom. The quantitative estimate of drug-likeness (QED) is 0.482. The van der Waals surface area contributed by atoms with Gasteiger partial charge in [-0.15, -0.1) is 0 Å². The van der Waals surface area contributed by atoms with Gasteiger partial charge in [-0.05, 0) is 0 Å². The maximum Gasteiger partial charge on any atom is 0.168 e. The summed E-state index contributed by atoms with van der Waals surface area (Å²) < 4.78 is 6.64. The molecule has 0 saturated carbocycles. The van der Waals surface area contributed by atoms with Gasteiger partial charge in [-0.1, -0.05) is 0 Å². The van der Waals surface area contributed by atoms with Crippen LogP contribution in [0.3, 0.4) is 0 Å². The van der Waals surface area contributed by atoms with Crippen molar-refractivity contribution in [2.45, 2.75) is 31.1 Å². The molecule has 0 aromatic carbocycles. The third-order valence-electron chi connectivity index (χ3n) is 3.09. The number of nitrogens with two attached hydrogens (primary N) is 1. The Morgan fingerprint density at radius 2 is 2.05 bits per heavy atom. The van der Waals surface area contributed by atoms with Crippen molar-refractivity contribution in [3.8, 4) is 0 Å². The fourth-order valence-electron chi connectivity index (χ4n) is 2.12. The maximum atomic E-state index is 9.95. The minimum absolute atomic E-state index is 0.0541. The van der Waals surface area contributed by atoms with Gasteiger partial charge in [-0.25, -0.2) is 15.0 Å². The first-order chi connectivity index (χ1) is 9.08. The van der Waals surface area contributed by atoms with Gasteiger partial charge >= 0.3 is 0 Å². The van der Waals surface area contributed by atoms with E-state index in [1.165, 1.54) is 17.2 Å². The number of aromatic nitrogens is 4. The van der Waals surface area contributed by atoms with Gasteiger partial charge < -0.3 is 25.8 Å². The molecule has 1 aliphatic rings. The molecule has 102 valence electrons. The lowest BCUT2D eigenvalue weighted by Crippen LogP contribution is -2.45. The Labute approximate surface area is 107 Å². The van der Waals surface area contributed by atoms with Crippen molar-refractivity contribution in [2.24, 2.45) is 0 Å². The molecule has 4 atom stereocenters. The molecule has 9 heteroatoms. The first kappa shape index (κ1) is 12.2. The maximum absolute atomic E-state index is 9.95. The summed E-state index contributed by atoms with van der Waals surface area (Å²) in [5, 5.41) is 29.1. The molecule has 1 fully saturated rings. The molecule has 2 aromatic heterocycles. The number of nitrogen functional groups attached to an aromatic ring is 1. The van der Waals surface area contributed by atoms with Crippen LogP contribution in [0.5, 0.6) is 0 Å². The number of hydrogen-bond acceptors (Lipinski definition) is 8. The molecule has 3 unspecified atom stereocenters. The second-order valence-corrected chi connectivity index (χ2v) is 4.36. The summed E-state index contributed by atoms with van der Waals surface area (Å²) in [6.45, 7) is 0. The van der Waals surface area contributed by atoms with Crippen LogP contribution in [0.4, 0.5) is 5.82 Å². The molecule has 0 spiro atoms. The van der Waals surface area contributed by atoms with Crippen LogP contribution in [0.1, 0.15) is 12.6 Å². The SMILES string of the molecule is Nc1ncnc2c1ncn2C1O[C@@H](O)CC(O)C1O. The third-order valence-corrected chi connectivity index (χ3v) is 3.09. The Kier molecular flexibility index (Phi) is 2.82. The van der Waals surface area contributed by atoms with Gasteiger partial charge in [0.05, 0.1) is 12.4 Å². The van der Waals surface area contributed by atoms with E-state index in [1.54, 1.807) is 0 Å². The van der Waals surface area contributed by atoms with Crippen molar-refractivity contribution in [3.05, 3.63) is 12.7 Å². The molecule has 19 heavy (non-hydrogen) atoms. The van der Waals surface area contributed by atoms with E-state index < -0.39 is 24.7 Å². The molecular formula is C10H13N5O4. The zero-order valence-corrected chi connectivity index (χ0v) is 9.79. The van der Waals surface area contributed by atoms with Gasteiger partial charge in [0.1, 0.15) is 17.9 Å². The summed E-state index contributed by atoms with van der Waals surface area (Å²) in [7, 11) is 0. The standard InChI is InChI=1S/C10H13N5O4/c11-8-6-9(13-2-12-8)15(3-14-6)10-7(18)4(16)1-5(17)19-10/h2-5,7,10,16-18H,1H2,(H2,11,12,13)/t4?,5-,7?,10?/m1/s1. The number of ether oxygens (including phenoxy) is 1. The van der Waals surface area contributed by atoms with E-state index in [9.17, 15) is 15.3 Å². The van der Waals surface area contributed by atoms with Gasteiger partial charge in [-0.3, -0.25) is 4.57 Å². The van der Waals surface area contributed by atoms with Gasteiger partial charge in [-0.2, -0.15) is 0 Å². The second-order valence-electron chi connectivity index (χ2n) is 4.36. The highest BCUT2D eigenvalue weighted by molar-refractivity contribution is 5.81. The first-order valence-electron chi connectivity index (χ1n) is 5.70. The van der Waals surface area contributed by atoms with Crippen molar-refractivity contribution >= 4 is 17.0 Å². The predicted molar refractivity (Wildman–Crippen MR) is 62.5 cm³/mol. The second kappa shape index (κ2) is 4.38. The van der Waals surface area contributed by atoms with Crippen LogP contribution in [-0.4, -0.2) is 53.3 Å². The largest absolute Gasteiger partial charge is 0.390 e. The molecule has 9 nitrogen and oxygen atoms in total. The number of nitrogens with zero attached hydrogens (tertiary/aromatic N) is 4. The molecule has 5 N–H and O–H groups in total. The number of fused-ring (bicyclic) bond motifs is 1. The van der Waals surface area contributed by atoms with Crippen molar-refractivity contribution in [2.75, 3.05) is 5.73 Å². The normalized spacial score (nSPS) is 31.7. The summed E-state index contributed by atoms with van der Waals surface area (Å²) in [5.41, 5.74) is 6.39. The van der Waals surface area contributed by atoms with Gasteiger partial charge in [0.2, 0.25) is 0 Å². The van der Waals surface area contributed by atoms with Crippen molar-refractivity contribution in [3.63, 3.8) is 0 Å². The minimum atomic E-state index is -1.20. The van der Waals surface area contributed by atoms with E-state index in [0.717, 1.165) is 0 Å². The zero-order chi connectivity index (χ0) is 13.6. The fourth-order valence-corrected chi connectivity index (χ4v) is 2.12. The highest BCUT2D eigenvalue weighted by atomic mass is 16.6. The van der Waals surface area contributed by atoms with Gasteiger partial charge in [0.25, 0.3) is 0 Å². The van der Waals surface area contributed by atoms with Crippen LogP contribution < -0.4 is 5.73 Å². The molecule has 0 bridgehead atoms. The lowest BCUT2D eigenvalue weighted by molar-refractivity contribution is -0.255. The van der Waals surface area contributed by atoms with Crippen LogP contribution >= 0.6 is 0 Å². The third kappa shape index (κ3) is 1.92. The smallest absolute Gasteiger partial charge is 0.168 e. The zero-order valence-electron chi connectivity index (χ0n) is 9.79. The minimum Gasteiger partial charge on any atom is -0.390 e. The molecule has 0 aliphatic carbocycles. The summed E-state index contributed by atoms with van der Waals surface area (Å²) in [5.74, 6) is 0.204. The van der Waals surface area contributed by atoms with E-state index in [0.29, 0.717) is 11.2 Å². The van der Waals surface area contributed by atoms with Gasteiger partial charge in [0, 0.05) is 6.42 Å². The molecule has 0 amide bonds. The van der Waals surface area contributed by atoms with Crippen LogP contribution in [0.2, 0.25) is 0 Å². The van der Waals surface area contributed by atoms with Crippen LogP contribution in [-0.2, 0) is 4.74 Å². The lowest BCUT2D eigenvalue weighted by Gasteiger charge is -2.35. The fraction of sp³-hybridized carbons (Fsp3) is 0.500. The number of aliphatic hydroxyl groups is 3. The van der Waals surface area contributed by atoms with E-state index in [4.69, 9.17) is 10.5 Å². The van der Waals surface area contributed by atoms with E-state index in [-0.39, 0.29) is 12.2 Å². The molecule has 1 aliphatic heterocycles. The molecule has 2 aromatic rings. The van der Waals surface area contributed by atoms with Crippen molar-refractivity contribution in [1.29, 1.82) is 0 Å². The van der Waals surface area contributed by atoms with Crippen LogP contribution in [0.25, 0.3) is 11.2 Å². The number of imidazole rings is 1. The van der Waals surface area contributed by atoms with E-state index >= 15 is 0 Å². The number of anilines is 1. The highest BCUT2D eigenvalue weighted by Crippen LogP contribution is 2.29. The Hall–Kier alpha value is -1.81. The summed E-state index contributed by atoms with van der Waals surface area (Å²) in [6.07, 6.45) is -1.87. The first-order valence-corrected chi connectivity index (χ1v) is 5.70.